The van der Waals surface area contributed by atoms with Gasteiger partial charge >= 0.3 is 0 Å². The van der Waals surface area contributed by atoms with E-state index in [1.54, 1.807) is 17.0 Å². The maximum Gasteiger partial charge on any atom is 0.227 e. The molecule has 1 fully saturated rings. The second-order valence-electron chi connectivity index (χ2n) is 6.09. The summed E-state index contributed by atoms with van der Waals surface area (Å²) in [5.74, 6) is -0.411. The minimum absolute atomic E-state index is 0.00718. The molecule has 124 valence electrons. The molecular formula is C19H19ClN2O2. The molecule has 5 heteroatoms. The maximum absolute atomic E-state index is 12.4. The molecule has 0 aliphatic carbocycles. The van der Waals surface area contributed by atoms with E-state index in [-0.39, 0.29) is 24.2 Å². The van der Waals surface area contributed by atoms with Crippen LogP contribution in [0.25, 0.3) is 0 Å². The molecule has 4 nitrogen and oxygen atoms in total. The zero-order valence-electron chi connectivity index (χ0n) is 13.5. The molecular weight excluding hydrogens is 324 g/mol. The summed E-state index contributed by atoms with van der Waals surface area (Å²) >= 11 is 5.85. The number of benzene rings is 2. The summed E-state index contributed by atoms with van der Waals surface area (Å²) in [6, 6.07) is 15.1. The molecule has 3 rings (SSSR count). The Morgan fingerprint density at radius 1 is 1.25 bits per heavy atom. The summed E-state index contributed by atoms with van der Waals surface area (Å²) in [6.45, 7) is 2.85. The number of carbonyl (C=O) groups excluding carboxylic acids is 2. The lowest BCUT2D eigenvalue weighted by Gasteiger charge is -2.17. The summed E-state index contributed by atoms with van der Waals surface area (Å²) in [6.07, 6.45) is 0.250. The Bertz CT molecular complexity index is 758. The summed E-state index contributed by atoms with van der Waals surface area (Å²) in [4.78, 5) is 26.3. The highest BCUT2D eigenvalue weighted by atomic mass is 35.5. The fourth-order valence-corrected chi connectivity index (χ4v) is 2.99. The largest absolute Gasteiger partial charge is 0.352 e. The Kier molecular flexibility index (Phi) is 4.86. The predicted molar refractivity (Wildman–Crippen MR) is 94.9 cm³/mol. The van der Waals surface area contributed by atoms with E-state index in [2.05, 4.69) is 5.32 Å². The third kappa shape index (κ3) is 3.77. The van der Waals surface area contributed by atoms with Crippen LogP contribution in [0.5, 0.6) is 0 Å². The van der Waals surface area contributed by atoms with Crippen molar-refractivity contribution >= 4 is 29.1 Å². The Labute approximate surface area is 146 Å². The van der Waals surface area contributed by atoms with E-state index < -0.39 is 0 Å². The number of halogens is 1. The van der Waals surface area contributed by atoms with Gasteiger partial charge in [0.05, 0.1) is 5.92 Å². The molecule has 0 saturated carbocycles. The van der Waals surface area contributed by atoms with E-state index in [9.17, 15) is 9.59 Å². The highest BCUT2D eigenvalue weighted by molar-refractivity contribution is 6.30. The van der Waals surface area contributed by atoms with Gasteiger partial charge in [-0.3, -0.25) is 9.59 Å². The van der Waals surface area contributed by atoms with Crippen LogP contribution in [0.2, 0.25) is 5.02 Å². The predicted octanol–water partition coefficient (Wildman–Crippen LogP) is 3.32. The maximum atomic E-state index is 12.4. The number of amides is 2. The minimum Gasteiger partial charge on any atom is -0.352 e. The molecule has 1 aliphatic rings. The van der Waals surface area contributed by atoms with Crippen molar-refractivity contribution in [3.63, 3.8) is 0 Å². The first kappa shape index (κ1) is 16.5. The number of nitrogens with zero attached hydrogens (tertiary/aromatic N) is 1. The first-order chi connectivity index (χ1) is 11.5. The summed E-state index contributed by atoms with van der Waals surface area (Å²) in [7, 11) is 0. The number of nitrogens with one attached hydrogen (secondary N) is 1. The number of aryl methyl sites for hydroxylation is 1. The molecule has 24 heavy (non-hydrogen) atoms. The fraction of sp³-hybridized carbons (Fsp3) is 0.263. The molecule has 1 saturated heterocycles. The average molecular weight is 343 g/mol. The van der Waals surface area contributed by atoms with E-state index in [0.717, 1.165) is 16.8 Å². The van der Waals surface area contributed by atoms with Gasteiger partial charge in [0.25, 0.3) is 0 Å². The van der Waals surface area contributed by atoms with Crippen LogP contribution in [-0.2, 0) is 16.1 Å². The fourth-order valence-electron chi connectivity index (χ4n) is 2.86. The third-order valence-corrected chi connectivity index (χ3v) is 4.44. The number of hydrogen-bond acceptors (Lipinski definition) is 2. The summed E-state index contributed by atoms with van der Waals surface area (Å²) < 4.78 is 0. The van der Waals surface area contributed by atoms with Crippen molar-refractivity contribution in [1.82, 2.24) is 5.32 Å². The Hall–Kier alpha value is -2.33. The molecule has 1 atom stereocenters. The van der Waals surface area contributed by atoms with Crippen LogP contribution in [0.1, 0.15) is 17.5 Å². The smallest absolute Gasteiger partial charge is 0.227 e. The van der Waals surface area contributed by atoms with Crippen LogP contribution in [0.4, 0.5) is 5.69 Å². The number of hydrogen-bond donors (Lipinski definition) is 1. The molecule has 2 amide bonds. The normalized spacial score (nSPS) is 17.2. The molecule has 1 heterocycles. The Balaban J connectivity index is 1.60. The highest BCUT2D eigenvalue weighted by Crippen LogP contribution is 2.25. The van der Waals surface area contributed by atoms with Gasteiger partial charge in [0.15, 0.2) is 0 Å². The van der Waals surface area contributed by atoms with Gasteiger partial charge in [0.1, 0.15) is 0 Å². The van der Waals surface area contributed by atoms with Crippen molar-refractivity contribution in [3.8, 4) is 0 Å². The second-order valence-corrected chi connectivity index (χ2v) is 6.53. The van der Waals surface area contributed by atoms with Gasteiger partial charge in [-0.05, 0) is 42.3 Å². The van der Waals surface area contributed by atoms with Crippen LogP contribution in [0.15, 0.2) is 48.5 Å². The molecule has 0 radical (unpaired) electrons. The number of rotatable bonds is 4. The first-order valence-electron chi connectivity index (χ1n) is 7.92. The topological polar surface area (TPSA) is 49.4 Å². The lowest BCUT2D eigenvalue weighted by molar-refractivity contribution is -0.126. The summed E-state index contributed by atoms with van der Waals surface area (Å²) in [5.41, 5.74) is 2.93. The van der Waals surface area contributed by atoms with Gasteiger partial charge in [0, 0.05) is 30.2 Å². The molecule has 0 unspecified atom stereocenters. The van der Waals surface area contributed by atoms with E-state index in [1.807, 2.05) is 43.3 Å². The van der Waals surface area contributed by atoms with Crippen LogP contribution >= 0.6 is 11.6 Å². The van der Waals surface area contributed by atoms with Crippen LogP contribution in [0, 0.1) is 12.8 Å². The van der Waals surface area contributed by atoms with E-state index in [0.29, 0.717) is 18.1 Å². The molecule has 0 aromatic heterocycles. The Morgan fingerprint density at radius 3 is 2.71 bits per heavy atom. The molecule has 1 aliphatic heterocycles. The van der Waals surface area contributed by atoms with E-state index >= 15 is 0 Å². The van der Waals surface area contributed by atoms with Crippen molar-refractivity contribution in [2.24, 2.45) is 5.92 Å². The summed E-state index contributed by atoms with van der Waals surface area (Å²) in [5, 5.41) is 3.57. The number of anilines is 1. The van der Waals surface area contributed by atoms with Crippen molar-refractivity contribution in [2.45, 2.75) is 19.9 Å². The lowest BCUT2D eigenvalue weighted by Crippen LogP contribution is -2.32. The van der Waals surface area contributed by atoms with Gasteiger partial charge in [-0.1, -0.05) is 35.9 Å². The highest BCUT2D eigenvalue weighted by Gasteiger charge is 2.34. The van der Waals surface area contributed by atoms with Crippen molar-refractivity contribution < 1.29 is 9.59 Å². The zero-order valence-corrected chi connectivity index (χ0v) is 14.2. The molecule has 2 aromatic carbocycles. The zero-order chi connectivity index (χ0) is 17.1. The van der Waals surface area contributed by atoms with Gasteiger partial charge in [-0.2, -0.15) is 0 Å². The van der Waals surface area contributed by atoms with E-state index in [4.69, 9.17) is 11.6 Å². The van der Waals surface area contributed by atoms with Crippen LogP contribution in [0.3, 0.4) is 0 Å². The number of carbonyl (C=O) groups is 2. The van der Waals surface area contributed by atoms with Crippen LogP contribution < -0.4 is 10.2 Å². The quantitative estimate of drug-likeness (QED) is 0.926. The molecule has 0 spiro atoms. The third-order valence-electron chi connectivity index (χ3n) is 4.19. The molecule has 2 aromatic rings. The molecule has 1 N–H and O–H groups in total. The van der Waals surface area contributed by atoms with Crippen molar-refractivity contribution in [3.05, 3.63) is 64.7 Å². The SMILES string of the molecule is Cc1cccc(N2C[C@@H](C(=O)NCc3ccc(Cl)cc3)CC2=O)c1. The van der Waals surface area contributed by atoms with Crippen molar-refractivity contribution in [1.29, 1.82) is 0 Å². The lowest BCUT2D eigenvalue weighted by atomic mass is 10.1. The van der Waals surface area contributed by atoms with Gasteiger partial charge < -0.3 is 10.2 Å². The van der Waals surface area contributed by atoms with E-state index in [1.165, 1.54) is 0 Å². The first-order valence-corrected chi connectivity index (χ1v) is 8.30. The van der Waals surface area contributed by atoms with Crippen LogP contribution in [-0.4, -0.2) is 18.4 Å². The van der Waals surface area contributed by atoms with Gasteiger partial charge in [0.2, 0.25) is 11.8 Å². The van der Waals surface area contributed by atoms with Gasteiger partial charge in [-0.25, -0.2) is 0 Å². The Morgan fingerprint density at radius 2 is 2.00 bits per heavy atom. The molecule has 0 bridgehead atoms. The minimum atomic E-state index is -0.315. The van der Waals surface area contributed by atoms with Crippen molar-refractivity contribution in [2.75, 3.05) is 11.4 Å². The standard InChI is InChI=1S/C19H19ClN2O2/c1-13-3-2-4-17(9-13)22-12-15(10-18(22)23)19(24)21-11-14-5-7-16(20)8-6-14/h2-9,15H,10-12H2,1H3,(H,21,24)/t15-/m0/s1. The average Bonchev–Trinajstić information content (AvgIpc) is 2.96. The second kappa shape index (κ2) is 7.05. The monoisotopic (exact) mass is 342 g/mol. The van der Waals surface area contributed by atoms with Gasteiger partial charge in [-0.15, -0.1) is 0 Å².